The number of carboxylic acid groups (broad SMARTS) is 1. The summed E-state index contributed by atoms with van der Waals surface area (Å²) in [5, 5.41) is 8.53. The zero-order chi connectivity index (χ0) is 8.27. The molecule has 0 aromatic carbocycles. The van der Waals surface area contributed by atoms with Crippen LogP contribution < -0.4 is 0 Å². The fourth-order valence-corrected chi connectivity index (χ4v) is 1.69. The predicted molar refractivity (Wildman–Crippen MR) is 42.5 cm³/mol. The van der Waals surface area contributed by atoms with Crippen molar-refractivity contribution in [3.63, 3.8) is 0 Å². The van der Waals surface area contributed by atoms with Crippen molar-refractivity contribution >= 4 is 5.97 Å². The predicted octanol–water partition coefficient (Wildman–Crippen LogP) is 0.803. The molecule has 64 valence electrons. The topological polar surface area (TPSA) is 40.5 Å². The fourth-order valence-electron chi connectivity index (χ4n) is 1.69. The van der Waals surface area contributed by atoms with Gasteiger partial charge >= 0.3 is 5.97 Å². The lowest BCUT2D eigenvalue weighted by molar-refractivity contribution is -0.138. The van der Waals surface area contributed by atoms with Crippen molar-refractivity contribution < 1.29 is 9.90 Å². The molecule has 0 spiro atoms. The van der Waals surface area contributed by atoms with Crippen LogP contribution in [0.4, 0.5) is 0 Å². The van der Waals surface area contributed by atoms with Crippen LogP contribution in [0.5, 0.6) is 0 Å². The summed E-state index contributed by atoms with van der Waals surface area (Å²) in [6, 6.07) is 0. The molecule has 0 aliphatic carbocycles. The summed E-state index contributed by atoms with van der Waals surface area (Å²) >= 11 is 0. The summed E-state index contributed by atoms with van der Waals surface area (Å²) < 4.78 is 0. The van der Waals surface area contributed by atoms with Gasteiger partial charge < -0.3 is 10.0 Å². The van der Waals surface area contributed by atoms with Gasteiger partial charge in [0.05, 0.1) is 0 Å². The van der Waals surface area contributed by atoms with E-state index in [-0.39, 0.29) is 0 Å². The normalized spacial score (nSPS) is 26.8. The Labute approximate surface area is 67.0 Å². The van der Waals surface area contributed by atoms with Gasteiger partial charge in [-0.1, -0.05) is 0 Å². The van der Waals surface area contributed by atoms with Crippen LogP contribution in [0, 0.1) is 5.92 Å². The molecule has 3 nitrogen and oxygen atoms in total. The van der Waals surface area contributed by atoms with Crippen LogP contribution in [0.3, 0.4) is 0 Å². The standard InChI is InChI=1S/C8H15NO2/c1-9-4-2-3-7(6-9)5-8(10)11/h7H,2-6H2,1H3,(H,10,11)/t7-/m0/s1. The maximum Gasteiger partial charge on any atom is 0.303 e. The Kier molecular flexibility index (Phi) is 2.88. The van der Waals surface area contributed by atoms with Crippen molar-refractivity contribution in [1.82, 2.24) is 4.90 Å². The maximum atomic E-state index is 10.4. The second kappa shape index (κ2) is 3.72. The van der Waals surface area contributed by atoms with Gasteiger partial charge in [-0.15, -0.1) is 0 Å². The van der Waals surface area contributed by atoms with Gasteiger partial charge in [0.15, 0.2) is 0 Å². The molecule has 1 aliphatic rings. The van der Waals surface area contributed by atoms with E-state index < -0.39 is 5.97 Å². The van der Waals surface area contributed by atoms with Crippen LogP contribution in [0.15, 0.2) is 0 Å². The minimum atomic E-state index is -0.662. The van der Waals surface area contributed by atoms with Crippen LogP contribution in [-0.2, 0) is 4.79 Å². The number of carbonyl (C=O) groups is 1. The molecule has 1 heterocycles. The lowest BCUT2D eigenvalue weighted by Crippen LogP contribution is -2.33. The Bertz CT molecular complexity index is 147. The van der Waals surface area contributed by atoms with Crippen LogP contribution in [0.25, 0.3) is 0 Å². The first kappa shape index (κ1) is 8.53. The minimum Gasteiger partial charge on any atom is -0.481 e. The van der Waals surface area contributed by atoms with E-state index in [1.165, 1.54) is 0 Å². The van der Waals surface area contributed by atoms with Gasteiger partial charge in [-0.25, -0.2) is 0 Å². The fraction of sp³-hybridized carbons (Fsp3) is 0.875. The third kappa shape index (κ3) is 2.89. The Balaban J connectivity index is 2.28. The number of rotatable bonds is 2. The van der Waals surface area contributed by atoms with Gasteiger partial charge in [-0.05, 0) is 32.4 Å². The first-order valence-corrected chi connectivity index (χ1v) is 4.09. The number of nitrogens with zero attached hydrogens (tertiary/aromatic N) is 1. The highest BCUT2D eigenvalue weighted by Crippen LogP contribution is 2.17. The summed E-state index contributed by atoms with van der Waals surface area (Å²) in [6.07, 6.45) is 2.56. The van der Waals surface area contributed by atoms with Crippen molar-refractivity contribution in [3.05, 3.63) is 0 Å². The number of carboxylic acids is 1. The lowest BCUT2D eigenvalue weighted by atomic mass is 9.95. The van der Waals surface area contributed by atoms with Gasteiger partial charge in [0.2, 0.25) is 0 Å². The second-order valence-electron chi connectivity index (χ2n) is 3.37. The van der Waals surface area contributed by atoms with E-state index in [1.807, 2.05) is 7.05 Å². The molecule has 0 amide bonds. The largest absolute Gasteiger partial charge is 0.481 e. The molecule has 1 saturated heterocycles. The number of aliphatic carboxylic acids is 1. The molecule has 1 aliphatic heterocycles. The van der Waals surface area contributed by atoms with Crippen molar-refractivity contribution in [3.8, 4) is 0 Å². The molecule has 0 aromatic rings. The van der Waals surface area contributed by atoms with Crippen LogP contribution in [-0.4, -0.2) is 36.1 Å². The van der Waals surface area contributed by atoms with Crippen molar-refractivity contribution in [1.29, 1.82) is 0 Å². The number of hydrogen-bond donors (Lipinski definition) is 1. The van der Waals surface area contributed by atoms with Crippen molar-refractivity contribution in [2.24, 2.45) is 5.92 Å². The van der Waals surface area contributed by atoms with E-state index in [9.17, 15) is 4.79 Å². The molecule has 3 heteroatoms. The third-order valence-corrected chi connectivity index (χ3v) is 2.19. The van der Waals surface area contributed by atoms with E-state index in [0.717, 1.165) is 25.9 Å². The third-order valence-electron chi connectivity index (χ3n) is 2.19. The van der Waals surface area contributed by atoms with E-state index in [1.54, 1.807) is 0 Å². The van der Waals surface area contributed by atoms with Crippen molar-refractivity contribution in [2.45, 2.75) is 19.3 Å². The molecular weight excluding hydrogens is 142 g/mol. The number of piperidine rings is 1. The molecule has 0 aromatic heterocycles. The highest BCUT2D eigenvalue weighted by Gasteiger charge is 2.19. The smallest absolute Gasteiger partial charge is 0.303 e. The highest BCUT2D eigenvalue weighted by atomic mass is 16.4. The Morgan fingerprint density at radius 3 is 3.00 bits per heavy atom. The van der Waals surface area contributed by atoms with E-state index in [2.05, 4.69) is 4.90 Å². The maximum absolute atomic E-state index is 10.4. The Morgan fingerprint density at radius 2 is 2.45 bits per heavy atom. The summed E-state index contributed by atoms with van der Waals surface area (Å²) in [5.74, 6) is -0.281. The first-order chi connectivity index (χ1) is 5.18. The molecule has 1 fully saturated rings. The summed E-state index contributed by atoms with van der Waals surface area (Å²) in [5.41, 5.74) is 0. The van der Waals surface area contributed by atoms with Gasteiger partial charge in [-0.2, -0.15) is 0 Å². The van der Waals surface area contributed by atoms with Gasteiger partial charge in [0, 0.05) is 13.0 Å². The second-order valence-corrected chi connectivity index (χ2v) is 3.37. The molecule has 0 unspecified atom stereocenters. The summed E-state index contributed by atoms with van der Waals surface area (Å²) in [7, 11) is 2.05. The highest BCUT2D eigenvalue weighted by molar-refractivity contribution is 5.67. The number of hydrogen-bond acceptors (Lipinski definition) is 2. The zero-order valence-electron chi connectivity index (χ0n) is 6.92. The molecule has 0 bridgehead atoms. The summed E-state index contributed by atoms with van der Waals surface area (Å²) in [6.45, 7) is 2.07. The molecule has 0 radical (unpaired) electrons. The molecule has 1 atom stereocenters. The van der Waals surface area contributed by atoms with E-state index >= 15 is 0 Å². The Morgan fingerprint density at radius 1 is 1.73 bits per heavy atom. The molecule has 11 heavy (non-hydrogen) atoms. The van der Waals surface area contributed by atoms with Gasteiger partial charge in [-0.3, -0.25) is 4.79 Å². The summed E-state index contributed by atoms with van der Waals surface area (Å²) in [4.78, 5) is 12.6. The van der Waals surface area contributed by atoms with E-state index in [4.69, 9.17) is 5.11 Å². The van der Waals surface area contributed by atoms with Crippen LogP contribution >= 0.6 is 0 Å². The Hall–Kier alpha value is -0.570. The van der Waals surface area contributed by atoms with E-state index in [0.29, 0.717) is 12.3 Å². The molecule has 1 N–H and O–H groups in total. The zero-order valence-corrected chi connectivity index (χ0v) is 6.92. The monoisotopic (exact) mass is 157 g/mol. The molecular formula is C8H15NO2. The van der Waals surface area contributed by atoms with Crippen molar-refractivity contribution in [2.75, 3.05) is 20.1 Å². The average Bonchev–Trinajstić information content (AvgIpc) is 1.85. The average molecular weight is 157 g/mol. The first-order valence-electron chi connectivity index (χ1n) is 4.09. The van der Waals surface area contributed by atoms with Crippen LogP contribution in [0.1, 0.15) is 19.3 Å². The quantitative estimate of drug-likeness (QED) is 0.644. The molecule has 1 rings (SSSR count). The minimum absolute atomic E-state index is 0.338. The lowest BCUT2D eigenvalue weighted by Gasteiger charge is -2.28. The van der Waals surface area contributed by atoms with Gasteiger partial charge in [0.25, 0.3) is 0 Å². The van der Waals surface area contributed by atoms with Crippen LogP contribution in [0.2, 0.25) is 0 Å². The number of likely N-dealkylation sites (tertiary alicyclic amines) is 1. The SMILES string of the molecule is CN1CCC[C@@H](CC(=O)O)C1. The van der Waals surface area contributed by atoms with Gasteiger partial charge in [0.1, 0.15) is 0 Å². The molecule has 0 saturated carbocycles.